The molecule has 1 aromatic heterocycles. The van der Waals surface area contributed by atoms with Crippen LogP contribution >= 0.6 is 36.2 Å². The number of piperidine rings is 1. The van der Waals surface area contributed by atoms with E-state index in [4.69, 9.17) is 10.5 Å². The molecule has 2 aliphatic rings. The molecule has 1 amide bonds. The van der Waals surface area contributed by atoms with Gasteiger partial charge < -0.3 is 15.4 Å². The van der Waals surface area contributed by atoms with Crippen LogP contribution in [0, 0.1) is 5.82 Å². The highest BCUT2D eigenvalue weighted by molar-refractivity contribution is 7.09. The predicted octanol–water partition coefficient (Wildman–Crippen LogP) is 4.26. The van der Waals surface area contributed by atoms with Crippen molar-refractivity contribution in [3.8, 4) is 0 Å². The number of morpholine rings is 1. The number of hydrogen-bond acceptors (Lipinski definition) is 6. The summed E-state index contributed by atoms with van der Waals surface area (Å²) in [4.78, 5) is 21.9. The van der Waals surface area contributed by atoms with Gasteiger partial charge in [0.15, 0.2) is 0 Å². The molecule has 0 radical (unpaired) electrons. The maximum atomic E-state index is 13.9. The number of halogens is 3. The molecule has 0 aliphatic carbocycles. The Kier molecular flexibility index (Phi) is 10.7. The summed E-state index contributed by atoms with van der Waals surface area (Å²) in [6, 6.07) is 5.34. The molecule has 190 valence electrons. The van der Waals surface area contributed by atoms with Gasteiger partial charge in [-0.15, -0.1) is 36.2 Å². The van der Waals surface area contributed by atoms with E-state index in [0.29, 0.717) is 49.8 Å². The molecule has 0 saturated carbocycles. The number of likely N-dealkylation sites (tertiary alicyclic amines) is 1. The molecule has 2 N–H and O–H groups in total. The molecule has 2 fully saturated rings. The van der Waals surface area contributed by atoms with Crippen LogP contribution < -0.4 is 5.73 Å². The van der Waals surface area contributed by atoms with Crippen molar-refractivity contribution in [2.75, 3.05) is 39.3 Å². The van der Waals surface area contributed by atoms with Crippen LogP contribution in [-0.4, -0.2) is 65.6 Å². The van der Waals surface area contributed by atoms with Crippen molar-refractivity contribution < 1.29 is 13.9 Å². The zero-order chi connectivity index (χ0) is 22.7. The second-order valence-electron chi connectivity index (χ2n) is 9.22. The Morgan fingerprint density at radius 3 is 2.65 bits per heavy atom. The molecule has 6 nitrogen and oxygen atoms in total. The Bertz CT molecular complexity index is 951. The molecule has 3 heterocycles. The summed E-state index contributed by atoms with van der Waals surface area (Å²) in [6.45, 7) is 8.98. The number of carbonyl (C=O) groups is 1. The maximum absolute atomic E-state index is 13.9. The van der Waals surface area contributed by atoms with E-state index in [9.17, 15) is 9.18 Å². The summed E-state index contributed by atoms with van der Waals surface area (Å²) < 4.78 is 20.1. The van der Waals surface area contributed by atoms with E-state index in [0.717, 1.165) is 43.0 Å². The molecule has 2 saturated heterocycles. The van der Waals surface area contributed by atoms with Gasteiger partial charge in [-0.1, -0.05) is 26.0 Å². The van der Waals surface area contributed by atoms with Crippen LogP contribution in [0.1, 0.15) is 59.2 Å². The van der Waals surface area contributed by atoms with Gasteiger partial charge in [0.2, 0.25) is 0 Å². The first-order valence-corrected chi connectivity index (χ1v) is 12.4. The van der Waals surface area contributed by atoms with Crippen molar-refractivity contribution >= 4 is 42.1 Å². The second-order valence-corrected chi connectivity index (χ2v) is 10.1. The number of ether oxygens (including phenoxy) is 1. The molecule has 1 aromatic carbocycles. The van der Waals surface area contributed by atoms with E-state index in [2.05, 4.69) is 23.7 Å². The van der Waals surface area contributed by atoms with E-state index in [1.165, 1.54) is 0 Å². The van der Waals surface area contributed by atoms with Crippen LogP contribution in [0.2, 0.25) is 0 Å². The fourth-order valence-corrected chi connectivity index (χ4v) is 5.39. The van der Waals surface area contributed by atoms with Crippen molar-refractivity contribution in [1.82, 2.24) is 14.8 Å². The Morgan fingerprint density at radius 2 is 2.00 bits per heavy atom. The SMILES string of the molecule is CC(C)c1nc(C(=O)N2CCOC3(CCN(Cc4ccc(F)c(CCN)c4)CC3)C2)cs1.Cl.Cl. The first kappa shape index (κ1) is 28.9. The van der Waals surface area contributed by atoms with Crippen molar-refractivity contribution in [2.24, 2.45) is 5.73 Å². The Balaban J connectivity index is 0.00000204. The van der Waals surface area contributed by atoms with Gasteiger partial charge in [-0.25, -0.2) is 9.37 Å². The third-order valence-corrected chi connectivity index (χ3v) is 7.61. The fourth-order valence-electron chi connectivity index (χ4n) is 4.58. The van der Waals surface area contributed by atoms with Gasteiger partial charge in [0.05, 0.1) is 23.8 Å². The number of thiazole rings is 1. The molecule has 2 aromatic rings. The summed E-state index contributed by atoms with van der Waals surface area (Å²) in [5, 5.41) is 2.88. The van der Waals surface area contributed by atoms with E-state index < -0.39 is 0 Å². The third-order valence-electron chi connectivity index (χ3n) is 6.47. The normalized spacial score (nSPS) is 18.0. The van der Waals surface area contributed by atoms with Gasteiger partial charge in [0.25, 0.3) is 5.91 Å². The summed E-state index contributed by atoms with van der Waals surface area (Å²) in [6.07, 6.45) is 2.31. The quantitative estimate of drug-likeness (QED) is 0.601. The molecule has 0 atom stereocenters. The highest BCUT2D eigenvalue weighted by atomic mass is 35.5. The third kappa shape index (κ3) is 6.68. The van der Waals surface area contributed by atoms with Crippen LogP contribution in [0.25, 0.3) is 0 Å². The highest BCUT2D eigenvalue weighted by Crippen LogP contribution is 2.32. The number of carbonyl (C=O) groups excluding carboxylic acids is 1. The first-order chi connectivity index (χ1) is 15.4. The van der Waals surface area contributed by atoms with E-state index >= 15 is 0 Å². The van der Waals surface area contributed by atoms with Crippen LogP contribution in [0.4, 0.5) is 4.39 Å². The lowest BCUT2D eigenvalue weighted by molar-refractivity contribution is -0.128. The van der Waals surface area contributed by atoms with E-state index in [1.54, 1.807) is 17.4 Å². The molecule has 10 heteroatoms. The number of benzene rings is 1. The molecular formula is C24H35Cl2FN4O2S. The topological polar surface area (TPSA) is 71.7 Å². The van der Waals surface area contributed by atoms with Crippen molar-refractivity contribution in [3.63, 3.8) is 0 Å². The van der Waals surface area contributed by atoms with Crippen LogP contribution in [0.5, 0.6) is 0 Å². The van der Waals surface area contributed by atoms with Gasteiger partial charge in [0.1, 0.15) is 11.5 Å². The Morgan fingerprint density at radius 1 is 1.26 bits per heavy atom. The summed E-state index contributed by atoms with van der Waals surface area (Å²) >= 11 is 1.56. The fraction of sp³-hybridized carbons (Fsp3) is 0.583. The number of amides is 1. The molecule has 0 bridgehead atoms. The van der Waals surface area contributed by atoms with Gasteiger partial charge >= 0.3 is 0 Å². The van der Waals surface area contributed by atoms with Crippen LogP contribution in [0.15, 0.2) is 23.6 Å². The van der Waals surface area contributed by atoms with Crippen molar-refractivity contribution in [1.29, 1.82) is 0 Å². The first-order valence-electron chi connectivity index (χ1n) is 11.5. The molecular weight excluding hydrogens is 498 g/mol. The number of nitrogens with zero attached hydrogens (tertiary/aromatic N) is 3. The van der Waals surface area contributed by atoms with Crippen LogP contribution in [-0.2, 0) is 17.7 Å². The predicted molar refractivity (Wildman–Crippen MR) is 139 cm³/mol. The second kappa shape index (κ2) is 12.6. The minimum atomic E-state index is -0.283. The lowest BCUT2D eigenvalue weighted by atomic mass is 9.89. The average Bonchev–Trinajstić information content (AvgIpc) is 3.28. The van der Waals surface area contributed by atoms with E-state index in [-0.39, 0.29) is 42.1 Å². The molecule has 4 rings (SSSR count). The Labute approximate surface area is 217 Å². The number of aromatic nitrogens is 1. The molecule has 1 spiro atoms. The highest BCUT2D eigenvalue weighted by Gasteiger charge is 2.41. The summed E-state index contributed by atoms with van der Waals surface area (Å²) in [5.74, 6) is 0.157. The summed E-state index contributed by atoms with van der Waals surface area (Å²) in [5.41, 5.74) is 7.67. The summed E-state index contributed by atoms with van der Waals surface area (Å²) in [7, 11) is 0. The lowest BCUT2D eigenvalue weighted by Gasteiger charge is -2.47. The largest absolute Gasteiger partial charge is 0.371 e. The Hall–Kier alpha value is -1.29. The lowest BCUT2D eigenvalue weighted by Crippen LogP contribution is -2.58. The van der Waals surface area contributed by atoms with Gasteiger partial charge in [-0.3, -0.25) is 9.69 Å². The minimum Gasteiger partial charge on any atom is -0.371 e. The smallest absolute Gasteiger partial charge is 0.273 e. The molecule has 34 heavy (non-hydrogen) atoms. The monoisotopic (exact) mass is 532 g/mol. The van der Waals surface area contributed by atoms with E-state index in [1.807, 2.05) is 22.4 Å². The van der Waals surface area contributed by atoms with Crippen molar-refractivity contribution in [3.05, 3.63) is 51.2 Å². The molecule has 0 unspecified atom stereocenters. The number of nitrogens with two attached hydrogens (primary N) is 1. The minimum absolute atomic E-state index is 0. The average molecular weight is 534 g/mol. The van der Waals surface area contributed by atoms with Gasteiger partial charge in [-0.2, -0.15) is 0 Å². The van der Waals surface area contributed by atoms with Gasteiger partial charge in [0, 0.05) is 37.5 Å². The zero-order valence-electron chi connectivity index (χ0n) is 19.8. The number of rotatable bonds is 6. The molecule has 2 aliphatic heterocycles. The maximum Gasteiger partial charge on any atom is 0.273 e. The zero-order valence-corrected chi connectivity index (χ0v) is 22.2. The van der Waals surface area contributed by atoms with Gasteiger partial charge in [-0.05, 0) is 43.0 Å². The van der Waals surface area contributed by atoms with Crippen LogP contribution in [0.3, 0.4) is 0 Å². The van der Waals surface area contributed by atoms with Crippen molar-refractivity contribution in [2.45, 2.75) is 51.2 Å². The number of hydrogen-bond donors (Lipinski definition) is 1. The standard InChI is InChI=1S/C24H33FN4O2S.2ClH/c1-17(2)22-27-21(15-32-22)23(30)29-11-12-31-24(16-29)6-9-28(10-7-24)14-18-3-4-20(25)19(13-18)5-8-26;;/h3-4,13,15,17H,5-12,14,16,26H2,1-2H3;2*1H.